The predicted molar refractivity (Wildman–Crippen MR) is 113 cm³/mol. The number of carbonyl (C=O) groups excluding carboxylic acids is 1. The number of aromatic nitrogens is 1. The van der Waals surface area contributed by atoms with E-state index < -0.39 is 0 Å². The smallest absolute Gasteiger partial charge is 0.229 e. The molecule has 2 aromatic rings. The van der Waals surface area contributed by atoms with Gasteiger partial charge in [0.1, 0.15) is 11.6 Å². The Hall–Kier alpha value is -1.92. The number of benzene rings is 1. The fourth-order valence-electron chi connectivity index (χ4n) is 2.56. The van der Waals surface area contributed by atoms with Crippen LogP contribution >= 0.6 is 23.1 Å². The predicted octanol–water partition coefficient (Wildman–Crippen LogP) is 5.47. The Kier molecular flexibility index (Phi) is 8.75. The first kappa shape index (κ1) is 21.4. The van der Waals surface area contributed by atoms with E-state index in [1.54, 1.807) is 0 Å². The van der Waals surface area contributed by atoms with Crippen molar-refractivity contribution in [1.29, 1.82) is 0 Å². The zero-order chi connectivity index (χ0) is 19.6. The van der Waals surface area contributed by atoms with E-state index in [2.05, 4.69) is 21.8 Å². The number of aryl methyl sites for hydroxylation is 1. The number of unbranched alkanes of at least 4 members (excludes halogenated alkanes) is 2. The van der Waals surface area contributed by atoms with Gasteiger partial charge in [-0.1, -0.05) is 54.7 Å². The van der Waals surface area contributed by atoms with Gasteiger partial charge >= 0.3 is 0 Å². The van der Waals surface area contributed by atoms with Crippen molar-refractivity contribution in [2.45, 2.75) is 52.9 Å². The third kappa shape index (κ3) is 6.63. The second kappa shape index (κ2) is 11.0. The van der Waals surface area contributed by atoms with Crippen LogP contribution in [-0.2, 0) is 22.5 Å². The van der Waals surface area contributed by atoms with E-state index in [1.807, 2.05) is 38.1 Å². The summed E-state index contributed by atoms with van der Waals surface area (Å²) in [6.45, 7) is 6.45. The van der Waals surface area contributed by atoms with E-state index in [0.717, 1.165) is 48.2 Å². The average Bonchev–Trinajstić information content (AvgIpc) is 3.00. The Balaban J connectivity index is 1.98. The van der Waals surface area contributed by atoms with Crippen LogP contribution in [0.25, 0.3) is 0 Å². The molecular weight excluding hydrogens is 382 g/mol. The number of hydrogen-bond acceptors (Lipinski definition) is 5. The van der Waals surface area contributed by atoms with Crippen molar-refractivity contribution in [1.82, 2.24) is 4.37 Å². The summed E-state index contributed by atoms with van der Waals surface area (Å²) in [5, 5.41) is 8.11. The molecule has 1 N–H and O–H groups in total. The average molecular weight is 408 g/mol. The van der Waals surface area contributed by atoms with E-state index in [-0.39, 0.29) is 12.3 Å². The highest BCUT2D eigenvalue weighted by Crippen LogP contribution is 2.31. The number of hydrogen-bond donors (Lipinski definition) is 1. The van der Waals surface area contributed by atoms with Gasteiger partial charge in [-0.2, -0.15) is 4.37 Å². The van der Waals surface area contributed by atoms with Crippen LogP contribution in [-0.4, -0.2) is 22.6 Å². The van der Waals surface area contributed by atoms with Gasteiger partial charge in [0.15, 0.2) is 0 Å². The van der Waals surface area contributed by atoms with Gasteiger partial charge < -0.3 is 10.2 Å². The molecule has 0 unspecified atom stereocenters. The maximum atomic E-state index is 12.4. The molecule has 1 amide bonds. The van der Waals surface area contributed by atoms with Gasteiger partial charge in [0, 0.05) is 0 Å². The Morgan fingerprint density at radius 2 is 2.15 bits per heavy atom. The summed E-state index contributed by atoms with van der Waals surface area (Å²) in [5.41, 5.74) is 3.49. The molecule has 0 spiro atoms. The first-order chi connectivity index (χ1) is 13.0. The summed E-state index contributed by atoms with van der Waals surface area (Å²) in [7, 11) is 0. The fourth-order valence-corrected chi connectivity index (χ4v) is 3.64. The van der Waals surface area contributed by atoms with E-state index in [1.165, 1.54) is 11.5 Å². The molecule has 1 heterocycles. The van der Waals surface area contributed by atoms with Crippen molar-refractivity contribution in [2.75, 3.05) is 11.9 Å². The van der Waals surface area contributed by atoms with Crippen molar-refractivity contribution in [2.24, 2.45) is 5.16 Å². The lowest BCUT2D eigenvalue weighted by Crippen LogP contribution is -2.14. The first-order valence-electron chi connectivity index (χ1n) is 9.24. The van der Waals surface area contributed by atoms with Crippen LogP contribution in [0.4, 0.5) is 5.00 Å². The van der Waals surface area contributed by atoms with E-state index in [9.17, 15) is 4.79 Å². The molecule has 0 saturated carbocycles. The summed E-state index contributed by atoms with van der Waals surface area (Å²) in [5.74, 6) is -0.114. The number of oxime groups is 1. The Bertz CT molecular complexity index is 789. The Morgan fingerprint density at radius 1 is 1.33 bits per heavy atom. The van der Waals surface area contributed by atoms with Gasteiger partial charge in [0.2, 0.25) is 5.91 Å². The zero-order valence-electron chi connectivity index (χ0n) is 16.0. The molecule has 0 aliphatic carbocycles. The van der Waals surface area contributed by atoms with Crippen LogP contribution in [0.3, 0.4) is 0 Å². The quantitative estimate of drug-likeness (QED) is 0.322. The topological polar surface area (TPSA) is 63.6 Å². The lowest BCUT2D eigenvalue weighted by atomic mass is 10.1. The molecule has 0 fully saturated rings. The van der Waals surface area contributed by atoms with Gasteiger partial charge in [0.05, 0.1) is 22.8 Å². The SMILES string of the molecule is CCCCCc1nsc(NC(=O)Cc2cccc(/C(C)=N/OCC)c2)c1Cl. The van der Waals surface area contributed by atoms with Crippen LogP contribution in [0.1, 0.15) is 56.9 Å². The minimum atomic E-state index is -0.114. The van der Waals surface area contributed by atoms with Crippen LogP contribution in [0.15, 0.2) is 29.4 Å². The fraction of sp³-hybridized carbons (Fsp3) is 0.450. The van der Waals surface area contributed by atoms with Crippen molar-refractivity contribution in [3.8, 4) is 0 Å². The second-order valence-corrected chi connectivity index (χ2v) is 7.40. The summed E-state index contributed by atoms with van der Waals surface area (Å²) in [6.07, 6.45) is 4.47. The largest absolute Gasteiger partial charge is 0.396 e. The van der Waals surface area contributed by atoms with Gasteiger partial charge in [-0.05, 0) is 55.4 Å². The van der Waals surface area contributed by atoms with E-state index in [4.69, 9.17) is 16.4 Å². The van der Waals surface area contributed by atoms with Crippen molar-refractivity contribution in [3.05, 3.63) is 46.1 Å². The second-order valence-electron chi connectivity index (χ2n) is 6.25. The minimum Gasteiger partial charge on any atom is -0.396 e. The van der Waals surface area contributed by atoms with Gasteiger partial charge in [0.25, 0.3) is 0 Å². The molecule has 1 aromatic heterocycles. The highest BCUT2D eigenvalue weighted by atomic mass is 35.5. The molecular formula is C20H26ClN3O2S. The highest BCUT2D eigenvalue weighted by molar-refractivity contribution is 7.11. The standard InChI is InChI=1S/C20H26ClN3O2S/c1-4-6-7-11-17-19(21)20(27-24-17)22-18(25)13-15-9-8-10-16(12-15)14(3)23-26-5-2/h8-10,12H,4-7,11,13H2,1-3H3,(H,22,25)/b23-14+. The molecule has 7 heteroatoms. The molecule has 27 heavy (non-hydrogen) atoms. The van der Waals surface area contributed by atoms with Crippen molar-refractivity contribution >= 4 is 39.8 Å². The summed E-state index contributed by atoms with van der Waals surface area (Å²) in [4.78, 5) is 17.5. The molecule has 0 saturated heterocycles. The Morgan fingerprint density at radius 3 is 2.89 bits per heavy atom. The number of nitrogens with zero attached hydrogens (tertiary/aromatic N) is 2. The number of halogens is 1. The Labute approximate surface area is 169 Å². The molecule has 2 rings (SSSR count). The highest BCUT2D eigenvalue weighted by Gasteiger charge is 2.14. The molecule has 0 atom stereocenters. The number of nitrogens with one attached hydrogen (secondary N) is 1. The zero-order valence-corrected chi connectivity index (χ0v) is 17.6. The monoisotopic (exact) mass is 407 g/mol. The molecule has 5 nitrogen and oxygen atoms in total. The molecule has 146 valence electrons. The van der Waals surface area contributed by atoms with Gasteiger partial charge in [-0.15, -0.1) is 0 Å². The van der Waals surface area contributed by atoms with Crippen LogP contribution in [0, 0.1) is 0 Å². The first-order valence-corrected chi connectivity index (χ1v) is 10.4. The number of amides is 1. The van der Waals surface area contributed by atoms with Crippen molar-refractivity contribution < 1.29 is 9.63 Å². The van der Waals surface area contributed by atoms with Crippen LogP contribution in [0.5, 0.6) is 0 Å². The van der Waals surface area contributed by atoms with E-state index in [0.29, 0.717) is 16.6 Å². The number of anilines is 1. The normalized spacial score (nSPS) is 11.5. The number of rotatable bonds is 10. The summed E-state index contributed by atoms with van der Waals surface area (Å²) < 4.78 is 4.38. The van der Waals surface area contributed by atoms with Crippen LogP contribution in [0.2, 0.25) is 5.02 Å². The molecule has 0 bridgehead atoms. The summed E-state index contributed by atoms with van der Waals surface area (Å²) in [6, 6.07) is 7.72. The lowest BCUT2D eigenvalue weighted by molar-refractivity contribution is -0.115. The van der Waals surface area contributed by atoms with Crippen molar-refractivity contribution in [3.63, 3.8) is 0 Å². The summed E-state index contributed by atoms with van der Waals surface area (Å²) >= 11 is 7.61. The minimum absolute atomic E-state index is 0.114. The van der Waals surface area contributed by atoms with Gasteiger partial charge in [-0.25, -0.2) is 0 Å². The third-order valence-electron chi connectivity index (χ3n) is 4.01. The number of carbonyl (C=O) groups is 1. The maximum Gasteiger partial charge on any atom is 0.229 e. The third-order valence-corrected chi connectivity index (χ3v) is 5.33. The maximum absolute atomic E-state index is 12.4. The molecule has 1 aromatic carbocycles. The molecule has 0 aliphatic rings. The van der Waals surface area contributed by atoms with E-state index >= 15 is 0 Å². The molecule has 0 aliphatic heterocycles. The van der Waals surface area contributed by atoms with Gasteiger partial charge in [-0.3, -0.25) is 4.79 Å². The van der Waals surface area contributed by atoms with Crippen LogP contribution < -0.4 is 5.32 Å². The lowest BCUT2D eigenvalue weighted by Gasteiger charge is -2.06. The molecule has 0 radical (unpaired) electrons.